The summed E-state index contributed by atoms with van der Waals surface area (Å²) >= 11 is 0. The largest absolute Gasteiger partial charge is 0.365 e. The second-order valence-corrected chi connectivity index (χ2v) is 22.1. The van der Waals surface area contributed by atoms with Crippen molar-refractivity contribution in [1.82, 2.24) is 58.6 Å². The van der Waals surface area contributed by atoms with Gasteiger partial charge < -0.3 is 35.4 Å². The maximum Gasteiger partial charge on any atom is 0.271 e. The summed E-state index contributed by atoms with van der Waals surface area (Å²) in [5.41, 5.74) is 1.66. The molecule has 25 heteroatoms. The first-order valence-electron chi connectivity index (χ1n) is 25.7. The molecule has 6 heterocycles. The van der Waals surface area contributed by atoms with E-state index in [1.54, 1.807) is 61.0 Å². The molecule has 2 aliphatic carbocycles. The van der Waals surface area contributed by atoms with E-state index in [2.05, 4.69) is 56.2 Å². The maximum atomic E-state index is 15.4. The molecule has 0 radical (unpaired) electrons. The summed E-state index contributed by atoms with van der Waals surface area (Å²) in [5.74, 6) is -5.42. The van der Waals surface area contributed by atoms with Gasteiger partial charge in [-0.3, -0.25) is 9.59 Å². The van der Waals surface area contributed by atoms with Crippen LogP contribution in [-0.2, 0) is 24.1 Å². The van der Waals surface area contributed by atoms with Crippen LogP contribution in [-0.4, -0.2) is 92.4 Å². The Morgan fingerprint density at radius 1 is 0.613 bits per heavy atom. The summed E-state index contributed by atoms with van der Waals surface area (Å²) in [4.78, 5) is 53.1. The van der Waals surface area contributed by atoms with Gasteiger partial charge in [0.25, 0.3) is 21.8 Å². The first kappa shape index (κ1) is 54.7. The number of aromatic nitrogens is 10. The zero-order valence-electron chi connectivity index (χ0n) is 43.9. The highest BCUT2D eigenvalue weighted by atomic mass is 32.2. The number of carbonyl (C=O) groups is 2. The number of benzene rings is 3. The van der Waals surface area contributed by atoms with Gasteiger partial charge >= 0.3 is 0 Å². The molecule has 80 heavy (non-hydrogen) atoms. The molecule has 0 bridgehead atoms. The minimum Gasteiger partial charge on any atom is -0.365 e. The second kappa shape index (κ2) is 22.3. The Labute approximate surface area is 454 Å². The van der Waals surface area contributed by atoms with E-state index in [-0.39, 0.29) is 103 Å². The number of hydrogen-bond acceptors (Lipinski definition) is 12. The number of imidazole rings is 2. The van der Waals surface area contributed by atoms with Gasteiger partial charge in [-0.25, -0.2) is 68.6 Å². The molecule has 2 fully saturated rings. The van der Waals surface area contributed by atoms with Crippen molar-refractivity contribution < 1.29 is 44.3 Å². The van der Waals surface area contributed by atoms with Gasteiger partial charge in [-0.1, -0.05) is 17.7 Å². The standard InChI is InChI=1S/C31H30F3N7O3S.C24H24F3N7O/c1-17-7-9-22(10-8-17)45(43,44)41-14-24(23-11-19(32)12-25(33)28(23)41)29-36-18(2)27(34)30(39-29)37-20-5-4-6-21(13-20)38-31(42)26-15-40(3)16-35-26;1-12-20(27)23(33-22(30-12)17-9-28-21-16(17)6-13(25)7-18(21)26)31-14-4-3-5-15(8-14)32-24(35)19-10-34(2)11-29-19/h7-12,14-16,20-21H,4-6,13H2,1-3H3,(H,38,42)(H,36,37,39);6-7,9-11,14-15,28H,3-5,8H2,1-2H3,(H,32,35)(H,30,31,33)/t20-,21+;14-,15+/m00/s1. The smallest absolute Gasteiger partial charge is 0.271 e. The van der Waals surface area contributed by atoms with E-state index < -0.39 is 44.9 Å². The fourth-order valence-electron chi connectivity index (χ4n) is 10.2. The predicted octanol–water partition coefficient (Wildman–Crippen LogP) is 9.49. The molecule has 0 aliphatic heterocycles. The number of anilines is 2. The molecule has 2 aliphatic rings. The van der Waals surface area contributed by atoms with Crippen molar-refractivity contribution in [3.63, 3.8) is 0 Å². The summed E-state index contributed by atoms with van der Waals surface area (Å²) in [5, 5.41) is 12.4. The lowest BCUT2D eigenvalue weighted by molar-refractivity contribution is 0.0913. The molecule has 0 saturated heterocycles. The summed E-state index contributed by atoms with van der Waals surface area (Å²) in [6.45, 7) is 4.73. The highest BCUT2D eigenvalue weighted by Gasteiger charge is 2.30. The average molecular weight is 1120 g/mol. The zero-order chi connectivity index (χ0) is 56.7. The minimum atomic E-state index is -4.32. The van der Waals surface area contributed by atoms with Crippen molar-refractivity contribution in [2.75, 3.05) is 10.6 Å². The number of H-pyrrole nitrogens is 1. The van der Waals surface area contributed by atoms with E-state index in [4.69, 9.17) is 0 Å². The predicted molar refractivity (Wildman–Crippen MR) is 286 cm³/mol. The quantitative estimate of drug-likeness (QED) is 0.0722. The van der Waals surface area contributed by atoms with Crippen molar-refractivity contribution in [1.29, 1.82) is 0 Å². The number of hydrogen-bond donors (Lipinski definition) is 5. The Kier molecular flexibility index (Phi) is 15.2. The van der Waals surface area contributed by atoms with Crippen LogP contribution in [0.5, 0.6) is 0 Å². The Hall–Kier alpha value is -8.61. The first-order chi connectivity index (χ1) is 38.2. The zero-order valence-corrected chi connectivity index (χ0v) is 44.7. The first-order valence-corrected chi connectivity index (χ1v) is 27.1. The molecule has 2 saturated carbocycles. The van der Waals surface area contributed by atoms with E-state index in [9.17, 15) is 35.6 Å². The number of nitrogens with one attached hydrogen (secondary N) is 5. The molecule has 4 atom stereocenters. The third kappa shape index (κ3) is 11.4. The molecular weight excluding hydrogens is 1070 g/mol. The van der Waals surface area contributed by atoms with Crippen LogP contribution >= 0.6 is 0 Å². The Bertz CT molecular complexity index is 3960. The molecule has 9 aromatic rings. The number of amides is 2. The number of aromatic amines is 1. The number of aryl methyl sites for hydroxylation is 5. The topological polar surface area (TPSA) is 224 Å². The second-order valence-electron chi connectivity index (χ2n) is 20.2. The van der Waals surface area contributed by atoms with Gasteiger partial charge in [-0.2, -0.15) is 0 Å². The van der Waals surface area contributed by atoms with Crippen LogP contribution < -0.4 is 21.3 Å². The number of nitrogens with zero attached hydrogens (tertiary/aromatic N) is 9. The Morgan fingerprint density at radius 3 is 1.61 bits per heavy atom. The number of rotatable bonds is 12. The van der Waals surface area contributed by atoms with Crippen LogP contribution in [0.3, 0.4) is 0 Å². The minimum absolute atomic E-state index is 0.00869. The Morgan fingerprint density at radius 2 is 1.10 bits per heavy atom. The van der Waals surface area contributed by atoms with Crippen molar-refractivity contribution in [2.45, 2.75) is 101 Å². The van der Waals surface area contributed by atoms with Crippen molar-refractivity contribution in [2.24, 2.45) is 14.1 Å². The summed E-state index contributed by atoms with van der Waals surface area (Å²) in [7, 11) is -0.762. The van der Waals surface area contributed by atoms with E-state index in [0.717, 1.165) is 60.0 Å². The number of halogens is 6. The molecule has 18 nitrogen and oxygen atoms in total. The maximum absolute atomic E-state index is 15.4. The van der Waals surface area contributed by atoms with Crippen LogP contribution in [0, 0.1) is 55.7 Å². The van der Waals surface area contributed by atoms with Gasteiger partial charge in [0, 0.05) is 97.1 Å². The van der Waals surface area contributed by atoms with E-state index >= 15 is 8.78 Å². The molecule has 416 valence electrons. The highest BCUT2D eigenvalue weighted by Crippen LogP contribution is 2.36. The molecule has 0 unspecified atom stereocenters. The van der Waals surface area contributed by atoms with Crippen LogP contribution in [0.1, 0.15) is 89.3 Å². The van der Waals surface area contributed by atoms with E-state index in [0.29, 0.717) is 42.3 Å². The number of fused-ring (bicyclic) bond motifs is 2. The Balaban J connectivity index is 0.000000186. The summed E-state index contributed by atoms with van der Waals surface area (Å²) in [6, 6.07) is 8.92. The molecule has 5 N–H and O–H groups in total. The number of carbonyl (C=O) groups excluding carboxylic acids is 2. The average Bonchev–Trinajstić information content (AvgIpc) is 4.36. The van der Waals surface area contributed by atoms with Gasteiger partial charge in [0.05, 0.1) is 34.5 Å². The fraction of sp³-hybridized carbons (Fsp3) is 0.309. The molecule has 6 aromatic heterocycles. The van der Waals surface area contributed by atoms with E-state index in [1.165, 1.54) is 44.6 Å². The third-order valence-electron chi connectivity index (χ3n) is 14.2. The van der Waals surface area contributed by atoms with Gasteiger partial charge in [0.15, 0.2) is 40.7 Å². The SMILES string of the molecule is Cc1ccc(S(=O)(=O)n2cc(-c3nc(C)c(F)c(N[C@H]4CCC[C@@H](NC(=O)c5cn(C)cn5)C4)n3)c3cc(F)cc(F)c32)cc1.Cc1nc(-c2c[nH]c3c(F)cc(F)cc23)nc(N[C@H]2CCC[C@@H](NC(=O)c3cn(C)cn3)C2)c1F. The summed E-state index contributed by atoms with van der Waals surface area (Å²) in [6.07, 6.45) is 14.6. The van der Waals surface area contributed by atoms with Crippen LogP contribution in [0.15, 0.2) is 90.9 Å². The van der Waals surface area contributed by atoms with Gasteiger partial charge in [0.1, 0.15) is 34.4 Å². The third-order valence-corrected chi connectivity index (χ3v) is 15.8. The van der Waals surface area contributed by atoms with Crippen LogP contribution in [0.2, 0.25) is 0 Å². The lowest BCUT2D eigenvalue weighted by Crippen LogP contribution is -2.42. The van der Waals surface area contributed by atoms with Crippen molar-refractivity contribution in [3.8, 4) is 22.8 Å². The van der Waals surface area contributed by atoms with Crippen molar-refractivity contribution >= 4 is 55.3 Å². The lowest BCUT2D eigenvalue weighted by atomic mass is 9.91. The van der Waals surface area contributed by atoms with Crippen LogP contribution in [0.4, 0.5) is 38.0 Å². The fourth-order valence-corrected chi connectivity index (χ4v) is 11.6. The summed E-state index contributed by atoms with van der Waals surface area (Å²) < 4.78 is 119. The molecule has 0 spiro atoms. The van der Waals surface area contributed by atoms with Gasteiger partial charge in [-0.15, -0.1) is 0 Å². The molecular formula is C55H54F6N14O4S. The van der Waals surface area contributed by atoms with Crippen molar-refractivity contribution in [3.05, 3.63) is 149 Å². The monoisotopic (exact) mass is 1120 g/mol. The highest BCUT2D eigenvalue weighted by molar-refractivity contribution is 7.90. The van der Waals surface area contributed by atoms with E-state index in [1.807, 2.05) is 0 Å². The van der Waals surface area contributed by atoms with Gasteiger partial charge in [-0.05, 0) is 96.4 Å². The molecule has 2 amide bonds. The normalized spacial score (nSPS) is 17.5. The lowest BCUT2D eigenvalue weighted by Gasteiger charge is -2.30. The van der Waals surface area contributed by atoms with Gasteiger partial charge in [0.2, 0.25) is 0 Å². The van der Waals surface area contributed by atoms with Crippen LogP contribution in [0.25, 0.3) is 44.6 Å². The molecule has 3 aromatic carbocycles. The molecule has 11 rings (SSSR count).